The molecule has 13 rings (SSSR count). The number of pyridine rings is 1. The van der Waals surface area contributed by atoms with E-state index in [1.807, 2.05) is 0 Å². The average molecular weight is 902 g/mol. The van der Waals surface area contributed by atoms with Crippen LogP contribution in [0, 0.1) is 5.92 Å². The van der Waals surface area contributed by atoms with Crippen LogP contribution in [0.3, 0.4) is 0 Å². The van der Waals surface area contributed by atoms with Gasteiger partial charge in [0.1, 0.15) is 22.5 Å². The average Bonchev–Trinajstić information content (AvgIpc) is 3.92. The summed E-state index contributed by atoms with van der Waals surface area (Å²) >= 11 is 0. The molecule has 0 amide bonds. The lowest BCUT2D eigenvalue weighted by Gasteiger charge is -2.33. The third-order valence-electron chi connectivity index (χ3n) is 16.0. The van der Waals surface area contributed by atoms with Crippen molar-refractivity contribution in [1.82, 2.24) is 4.57 Å². The standard InChI is InChI=1S/C63H59N3OSi/c1-41-37-56-51(49-25-13-14-26-50(49)57-39-46(38-42-19-7-5-8-20-42)59(40-64(56)57)68(2,3)4)35-32-45-33-36-53-52-27-15-18-30-58(52)67-62(53)60(45)63-65(41)54-28-16-17-29-55(54)66(63)61-47-24-12-11-23-44(47)31-34-48(61)43-21-9-6-10-22-43/h6,9-18,21-31,33-34,36,39-40,42,51,56H,1,5,7-8,19-20,32,35,37-38H2,2-4H3/q+2. The topological polar surface area (TPSA) is 25.8 Å². The Morgan fingerprint density at radius 2 is 1.44 bits per heavy atom. The number of aromatic nitrogens is 3. The number of nitrogens with zero attached hydrogens (tertiary/aromatic N) is 3. The van der Waals surface area contributed by atoms with Crippen molar-refractivity contribution in [3.63, 3.8) is 0 Å². The first-order valence-corrected chi connectivity index (χ1v) is 28.7. The minimum atomic E-state index is -1.76. The Hall–Kier alpha value is -6.82. The van der Waals surface area contributed by atoms with E-state index < -0.39 is 8.07 Å². The van der Waals surface area contributed by atoms with Gasteiger partial charge in [-0.15, -0.1) is 0 Å². The minimum absolute atomic E-state index is 0.169. The van der Waals surface area contributed by atoms with Crippen LogP contribution in [0.5, 0.6) is 0 Å². The zero-order valence-corrected chi connectivity index (χ0v) is 40.6. The molecule has 2 unspecified atom stereocenters. The number of hydrogen-bond donors (Lipinski definition) is 0. The van der Waals surface area contributed by atoms with E-state index in [0.29, 0.717) is 0 Å². The largest absolute Gasteiger partial charge is 0.455 e. The van der Waals surface area contributed by atoms with Crippen molar-refractivity contribution < 1.29 is 13.6 Å². The molecule has 0 spiro atoms. The number of rotatable bonds is 5. The third-order valence-corrected chi connectivity index (χ3v) is 18.1. The highest BCUT2D eigenvalue weighted by Crippen LogP contribution is 2.48. The second-order valence-corrected chi connectivity index (χ2v) is 26.2. The highest BCUT2D eigenvalue weighted by Gasteiger charge is 2.45. The molecular formula is C63H59N3OSi+2. The maximum atomic E-state index is 7.16. The van der Waals surface area contributed by atoms with Crippen LogP contribution in [0.2, 0.25) is 19.6 Å². The molecule has 0 radical (unpaired) electrons. The predicted octanol–water partition coefficient (Wildman–Crippen LogP) is 15.1. The van der Waals surface area contributed by atoms with Gasteiger partial charge in [0.05, 0.1) is 14.5 Å². The van der Waals surface area contributed by atoms with Gasteiger partial charge in [0.25, 0.3) is 0 Å². The molecule has 1 saturated carbocycles. The second kappa shape index (κ2) is 16.2. The summed E-state index contributed by atoms with van der Waals surface area (Å²) in [6.45, 7) is 12.9. The van der Waals surface area contributed by atoms with Gasteiger partial charge in [0, 0.05) is 44.5 Å². The van der Waals surface area contributed by atoms with E-state index in [1.165, 1.54) is 82.8 Å². The summed E-state index contributed by atoms with van der Waals surface area (Å²) in [5.74, 6) is 2.14. The highest BCUT2D eigenvalue weighted by atomic mass is 28.3. The van der Waals surface area contributed by atoms with Crippen LogP contribution in [0.4, 0.5) is 0 Å². The minimum Gasteiger partial charge on any atom is -0.455 e. The fourth-order valence-corrected chi connectivity index (χ4v) is 14.6. The first kappa shape index (κ1) is 41.4. The lowest BCUT2D eigenvalue weighted by atomic mass is 9.77. The SMILES string of the molecule is C=C1CC2C(CCc3ccc4c(oc5ccccc54)c3-c3n(-c4c(-c5ccccc5)ccc5ccccc45)c4ccccc4[n+]31)c1ccccc1-c1cc(CC3CCCCC3)c([Si](C)(C)C)c[n+]12. The first-order chi connectivity index (χ1) is 33.3. The van der Waals surface area contributed by atoms with E-state index in [2.05, 4.69) is 197 Å². The molecule has 334 valence electrons. The van der Waals surface area contributed by atoms with Crippen LogP contribution >= 0.6 is 0 Å². The second-order valence-electron chi connectivity index (χ2n) is 21.1. The van der Waals surface area contributed by atoms with Gasteiger partial charge in [0.2, 0.25) is 5.69 Å². The van der Waals surface area contributed by atoms with Gasteiger partial charge in [-0.2, -0.15) is 13.7 Å². The Balaban J connectivity index is 1.11. The van der Waals surface area contributed by atoms with Crippen molar-refractivity contribution in [2.45, 2.75) is 89.4 Å². The van der Waals surface area contributed by atoms with E-state index in [0.717, 1.165) is 80.9 Å². The van der Waals surface area contributed by atoms with Gasteiger partial charge in [-0.25, -0.2) is 0 Å². The molecule has 0 bridgehead atoms. The molecule has 2 atom stereocenters. The number of hydrogen-bond acceptors (Lipinski definition) is 1. The molecule has 68 heavy (non-hydrogen) atoms. The number of aryl methyl sites for hydroxylation is 1. The fraction of sp³-hybridized carbons (Fsp3) is 0.238. The summed E-state index contributed by atoms with van der Waals surface area (Å²) in [5.41, 5.74) is 17.0. The number of imidazole rings is 1. The Bertz CT molecular complexity index is 3640. The van der Waals surface area contributed by atoms with Crippen LogP contribution in [0.1, 0.15) is 73.6 Å². The molecule has 7 aromatic carbocycles. The summed E-state index contributed by atoms with van der Waals surface area (Å²) in [5, 5.41) is 6.31. The maximum Gasteiger partial charge on any atom is 0.304 e. The Morgan fingerprint density at radius 1 is 0.691 bits per heavy atom. The third kappa shape index (κ3) is 6.60. The quantitative estimate of drug-likeness (QED) is 0.125. The predicted molar refractivity (Wildman–Crippen MR) is 285 cm³/mol. The molecule has 2 aliphatic heterocycles. The number of fused-ring (bicyclic) bond motifs is 16. The number of para-hydroxylation sites is 3. The van der Waals surface area contributed by atoms with Gasteiger partial charge in [-0.05, 0) is 83.2 Å². The molecule has 3 aliphatic rings. The van der Waals surface area contributed by atoms with E-state index in [-0.39, 0.29) is 12.0 Å². The van der Waals surface area contributed by atoms with Crippen molar-refractivity contribution in [2.75, 3.05) is 0 Å². The Labute approximate surface area is 400 Å². The smallest absolute Gasteiger partial charge is 0.304 e. The number of benzene rings is 7. The molecule has 0 N–H and O–H groups in total. The van der Waals surface area contributed by atoms with Crippen LogP contribution in [0.25, 0.3) is 88.9 Å². The Morgan fingerprint density at radius 3 is 2.29 bits per heavy atom. The molecule has 5 heteroatoms. The molecule has 10 aromatic rings. The maximum absolute atomic E-state index is 7.16. The summed E-state index contributed by atoms with van der Waals surface area (Å²) in [6, 6.07) is 59.0. The van der Waals surface area contributed by atoms with E-state index in [4.69, 9.17) is 11.0 Å². The lowest BCUT2D eigenvalue weighted by Crippen LogP contribution is -2.54. The molecule has 1 fully saturated rings. The molecule has 0 saturated heterocycles. The normalized spacial score (nSPS) is 17.5. The number of allylic oxidation sites excluding steroid dienone is 1. The monoisotopic (exact) mass is 901 g/mol. The molecule has 5 heterocycles. The van der Waals surface area contributed by atoms with E-state index in [9.17, 15) is 0 Å². The fourth-order valence-electron chi connectivity index (χ4n) is 12.9. The van der Waals surface area contributed by atoms with Crippen molar-refractivity contribution in [1.29, 1.82) is 0 Å². The lowest BCUT2D eigenvalue weighted by molar-refractivity contribution is -0.719. The van der Waals surface area contributed by atoms with Crippen LogP contribution in [0.15, 0.2) is 175 Å². The van der Waals surface area contributed by atoms with Gasteiger partial charge >= 0.3 is 5.82 Å². The van der Waals surface area contributed by atoms with Gasteiger partial charge in [0.15, 0.2) is 28.9 Å². The van der Waals surface area contributed by atoms with Crippen LogP contribution < -0.4 is 14.3 Å². The summed E-state index contributed by atoms with van der Waals surface area (Å²) < 4.78 is 15.0. The van der Waals surface area contributed by atoms with Gasteiger partial charge in [-0.1, -0.05) is 180 Å². The van der Waals surface area contributed by atoms with Crippen molar-refractivity contribution in [3.8, 4) is 39.5 Å². The summed E-state index contributed by atoms with van der Waals surface area (Å²) in [4.78, 5) is 0. The number of furan rings is 1. The van der Waals surface area contributed by atoms with Crippen molar-refractivity contribution >= 4 is 62.7 Å². The van der Waals surface area contributed by atoms with Gasteiger partial charge < -0.3 is 4.42 Å². The highest BCUT2D eigenvalue weighted by molar-refractivity contribution is 6.89. The summed E-state index contributed by atoms with van der Waals surface area (Å²) in [7, 11) is -1.76. The van der Waals surface area contributed by atoms with Gasteiger partial charge in [-0.3, -0.25) is 0 Å². The van der Waals surface area contributed by atoms with E-state index >= 15 is 0 Å². The first-order valence-electron chi connectivity index (χ1n) is 25.2. The summed E-state index contributed by atoms with van der Waals surface area (Å²) in [6.07, 6.45) is 13.4. The zero-order valence-electron chi connectivity index (χ0n) is 39.6. The molecule has 1 aliphatic carbocycles. The Kier molecular flexibility index (Phi) is 9.83. The molecule has 3 aromatic heterocycles. The van der Waals surface area contributed by atoms with Crippen molar-refractivity contribution in [2.24, 2.45) is 5.92 Å². The van der Waals surface area contributed by atoms with Crippen LogP contribution in [-0.4, -0.2) is 12.6 Å². The van der Waals surface area contributed by atoms with Crippen LogP contribution in [-0.2, 0) is 12.8 Å². The zero-order chi connectivity index (χ0) is 45.7. The molecule has 4 nitrogen and oxygen atoms in total. The molecular weight excluding hydrogens is 843 g/mol. The van der Waals surface area contributed by atoms with Crippen molar-refractivity contribution in [3.05, 3.63) is 187 Å². The van der Waals surface area contributed by atoms with E-state index in [1.54, 1.807) is 10.8 Å².